The van der Waals surface area contributed by atoms with Crippen molar-refractivity contribution in [1.29, 1.82) is 0 Å². The summed E-state index contributed by atoms with van der Waals surface area (Å²) >= 11 is 5.32. The van der Waals surface area contributed by atoms with E-state index in [1.807, 2.05) is 11.3 Å². The molecule has 0 radical (unpaired) electrons. The Morgan fingerprint density at radius 2 is 2.38 bits per heavy atom. The Morgan fingerprint density at radius 3 is 2.94 bits per heavy atom. The molecule has 0 bridgehead atoms. The molecule has 2 atom stereocenters. The maximum atomic E-state index is 6.11. The van der Waals surface area contributed by atoms with Gasteiger partial charge in [-0.2, -0.15) is 0 Å². The van der Waals surface area contributed by atoms with Gasteiger partial charge in [-0.3, -0.25) is 0 Å². The minimum atomic E-state index is 0.389. The van der Waals surface area contributed by atoms with Crippen molar-refractivity contribution >= 4 is 27.3 Å². The van der Waals surface area contributed by atoms with Crippen LogP contribution in [-0.4, -0.2) is 30.6 Å². The van der Waals surface area contributed by atoms with Gasteiger partial charge in [-0.1, -0.05) is 6.42 Å². The van der Waals surface area contributed by atoms with Gasteiger partial charge in [0.2, 0.25) is 0 Å². The van der Waals surface area contributed by atoms with E-state index in [1.165, 1.54) is 28.6 Å². The molecular weight excluding hydrogens is 284 g/mol. The van der Waals surface area contributed by atoms with Crippen molar-refractivity contribution in [2.75, 3.05) is 13.6 Å². The molecule has 2 nitrogen and oxygen atoms in total. The monoisotopic (exact) mass is 302 g/mol. The van der Waals surface area contributed by atoms with Gasteiger partial charge < -0.3 is 10.6 Å². The third-order valence-electron chi connectivity index (χ3n) is 3.43. The summed E-state index contributed by atoms with van der Waals surface area (Å²) in [5, 5.41) is 2.15. The fourth-order valence-electron chi connectivity index (χ4n) is 2.45. The highest BCUT2D eigenvalue weighted by Gasteiger charge is 2.26. The standard InChI is InChI=1S/C12H19BrN2S/c1-15(12-4-2-3-11(12)14)6-5-10-7-9(13)8-16-10/h7-8,11-12H,2-6,14H2,1H3. The van der Waals surface area contributed by atoms with E-state index in [9.17, 15) is 0 Å². The lowest BCUT2D eigenvalue weighted by atomic mass is 10.1. The van der Waals surface area contributed by atoms with E-state index in [1.54, 1.807) is 0 Å². The maximum Gasteiger partial charge on any atom is 0.0285 e. The van der Waals surface area contributed by atoms with Crippen molar-refractivity contribution in [2.24, 2.45) is 5.73 Å². The molecule has 2 N–H and O–H groups in total. The molecular formula is C12H19BrN2S. The average Bonchev–Trinajstić information content (AvgIpc) is 2.84. The van der Waals surface area contributed by atoms with E-state index in [-0.39, 0.29) is 0 Å². The van der Waals surface area contributed by atoms with Gasteiger partial charge in [0, 0.05) is 33.4 Å². The van der Waals surface area contributed by atoms with Crippen molar-refractivity contribution in [3.63, 3.8) is 0 Å². The van der Waals surface area contributed by atoms with Gasteiger partial charge in [-0.15, -0.1) is 11.3 Å². The normalized spacial score (nSPS) is 25.5. The van der Waals surface area contributed by atoms with Gasteiger partial charge >= 0.3 is 0 Å². The topological polar surface area (TPSA) is 29.3 Å². The third-order valence-corrected chi connectivity index (χ3v) is 5.19. The molecule has 1 aliphatic carbocycles. The highest BCUT2D eigenvalue weighted by molar-refractivity contribution is 9.10. The summed E-state index contributed by atoms with van der Waals surface area (Å²) in [6.45, 7) is 1.12. The van der Waals surface area contributed by atoms with Crippen molar-refractivity contribution in [3.05, 3.63) is 20.8 Å². The maximum absolute atomic E-state index is 6.11. The highest BCUT2D eigenvalue weighted by Crippen LogP contribution is 2.23. The summed E-state index contributed by atoms with van der Waals surface area (Å²) < 4.78 is 1.20. The lowest BCUT2D eigenvalue weighted by molar-refractivity contribution is 0.231. The number of halogens is 1. The molecule has 4 heteroatoms. The van der Waals surface area contributed by atoms with Gasteiger partial charge in [0.1, 0.15) is 0 Å². The average molecular weight is 303 g/mol. The molecule has 2 unspecified atom stereocenters. The lowest BCUT2D eigenvalue weighted by Crippen LogP contribution is -2.42. The zero-order valence-corrected chi connectivity index (χ0v) is 12.1. The molecule has 0 saturated heterocycles. The highest BCUT2D eigenvalue weighted by atomic mass is 79.9. The van der Waals surface area contributed by atoms with Crippen molar-refractivity contribution in [2.45, 2.75) is 37.8 Å². The molecule has 0 aromatic carbocycles. The summed E-state index contributed by atoms with van der Waals surface area (Å²) in [5.41, 5.74) is 6.11. The van der Waals surface area contributed by atoms with Crippen LogP contribution in [0.25, 0.3) is 0 Å². The van der Waals surface area contributed by atoms with Crippen LogP contribution in [0, 0.1) is 0 Å². The minimum Gasteiger partial charge on any atom is -0.326 e. The largest absolute Gasteiger partial charge is 0.326 e. The first-order chi connectivity index (χ1) is 7.66. The molecule has 1 saturated carbocycles. The van der Waals surface area contributed by atoms with Crippen LogP contribution >= 0.6 is 27.3 Å². The number of rotatable bonds is 4. The first kappa shape index (κ1) is 12.6. The molecule has 16 heavy (non-hydrogen) atoms. The molecule has 2 rings (SSSR count). The molecule has 1 heterocycles. The quantitative estimate of drug-likeness (QED) is 0.927. The van der Waals surface area contributed by atoms with Gasteiger partial charge in [-0.05, 0) is 48.3 Å². The fourth-order valence-corrected chi connectivity index (χ4v) is 3.90. The number of thiophene rings is 1. The fraction of sp³-hybridized carbons (Fsp3) is 0.667. The third kappa shape index (κ3) is 3.06. The molecule has 90 valence electrons. The van der Waals surface area contributed by atoms with E-state index < -0.39 is 0 Å². The molecule has 1 fully saturated rings. The number of hydrogen-bond donors (Lipinski definition) is 1. The zero-order valence-electron chi connectivity index (χ0n) is 9.66. The number of hydrogen-bond acceptors (Lipinski definition) is 3. The smallest absolute Gasteiger partial charge is 0.0285 e. The van der Waals surface area contributed by atoms with Crippen molar-refractivity contribution in [1.82, 2.24) is 4.90 Å². The molecule has 1 aromatic heterocycles. The van der Waals surface area contributed by atoms with Gasteiger partial charge in [0.25, 0.3) is 0 Å². The number of nitrogens with two attached hydrogens (primary N) is 1. The molecule has 0 amide bonds. The van der Waals surface area contributed by atoms with E-state index in [0.717, 1.165) is 13.0 Å². The Bertz CT molecular complexity index is 340. The summed E-state index contributed by atoms with van der Waals surface area (Å²) in [6.07, 6.45) is 4.89. The molecule has 1 aromatic rings. The van der Waals surface area contributed by atoms with Crippen LogP contribution in [-0.2, 0) is 6.42 Å². The second kappa shape index (κ2) is 5.63. The van der Waals surface area contributed by atoms with Crippen molar-refractivity contribution in [3.8, 4) is 0 Å². The summed E-state index contributed by atoms with van der Waals surface area (Å²) in [4.78, 5) is 3.89. The Labute approximate surface area is 110 Å². The van der Waals surface area contributed by atoms with Crippen LogP contribution in [0.15, 0.2) is 15.9 Å². The van der Waals surface area contributed by atoms with Crippen molar-refractivity contribution < 1.29 is 0 Å². The summed E-state index contributed by atoms with van der Waals surface area (Å²) in [6, 6.07) is 3.20. The van der Waals surface area contributed by atoms with Crippen LogP contribution in [0.5, 0.6) is 0 Å². The Balaban J connectivity index is 1.81. The van der Waals surface area contributed by atoms with Gasteiger partial charge in [-0.25, -0.2) is 0 Å². The summed E-state index contributed by atoms with van der Waals surface area (Å²) in [7, 11) is 2.21. The second-order valence-corrected chi connectivity index (χ2v) is 6.54. The predicted octanol–water partition coefficient (Wildman–Crippen LogP) is 2.86. The second-order valence-electron chi connectivity index (χ2n) is 4.62. The van der Waals surface area contributed by atoms with Crippen LogP contribution in [0.2, 0.25) is 0 Å². The SMILES string of the molecule is CN(CCc1cc(Br)cs1)C1CCCC1N. The van der Waals surface area contributed by atoms with E-state index >= 15 is 0 Å². The van der Waals surface area contributed by atoms with E-state index in [0.29, 0.717) is 12.1 Å². The Morgan fingerprint density at radius 1 is 1.56 bits per heavy atom. The predicted molar refractivity (Wildman–Crippen MR) is 74.0 cm³/mol. The first-order valence-electron chi connectivity index (χ1n) is 5.85. The van der Waals surface area contributed by atoms with Crippen LogP contribution in [0.1, 0.15) is 24.1 Å². The number of nitrogens with zero attached hydrogens (tertiary/aromatic N) is 1. The first-order valence-corrected chi connectivity index (χ1v) is 7.53. The summed E-state index contributed by atoms with van der Waals surface area (Å²) in [5.74, 6) is 0. The van der Waals surface area contributed by atoms with Gasteiger partial charge in [0.05, 0.1) is 0 Å². The van der Waals surface area contributed by atoms with Gasteiger partial charge in [0.15, 0.2) is 0 Å². The molecule has 0 spiro atoms. The Kier molecular flexibility index (Phi) is 4.41. The Hall–Kier alpha value is 0.1000. The van der Waals surface area contributed by atoms with Crippen LogP contribution in [0.3, 0.4) is 0 Å². The van der Waals surface area contributed by atoms with Crippen LogP contribution < -0.4 is 5.73 Å². The minimum absolute atomic E-state index is 0.389. The number of likely N-dealkylation sites (N-methyl/N-ethyl adjacent to an activating group) is 1. The lowest BCUT2D eigenvalue weighted by Gasteiger charge is -2.27. The van der Waals surface area contributed by atoms with E-state index in [4.69, 9.17) is 5.73 Å². The molecule has 1 aliphatic rings. The van der Waals surface area contributed by atoms with Crippen LogP contribution in [0.4, 0.5) is 0 Å². The molecule has 0 aliphatic heterocycles. The zero-order chi connectivity index (χ0) is 11.5. The van der Waals surface area contributed by atoms with E-state index in [2.05, 4.69) is 39.3 Å².